The van der Waals surface area contributed by atoms with Crippen LogP contribution in [0.1, 0.15) is 37.8 Å². The molecule has 0 aliphatic carbocycles. The molecule has 0 radical (unpaired) electrons. The van der Waals surface area contributed by atoms with Crippen LogP contribution in [-0.2, 0) is 0 Å². The van der Waals surface area contributed by atoms with E-state index in [-0.39, 0.29) is 11.3 Å². The number of halogens is 1. The quantitative estimate of drug-likeness (QED) is 0.755. The van der Waals surface area contributed by atoms with Crippen LogP contribution in [0.15, 0.2) is 48.5 Å². The maximum atomic E-state index is 9.20. The van der Waals surface area contributed by atoms with Crippen molar-refractivity contribution in [2.24, 2.45) is 5.41 Å². The lowest BCUT2D eigenvalue weighted by Gasteiger charge is -2.31. The van der Waals surface area contributed by atoms with Crippen LogP contribution in [-0.4, -0.2) is 6.61 Å². The maximum absolute atomic E-state index is 9.20. The third-order valence-electron chi connectivity index (χ3n) is 3.71. The highest BCUT2D eigenvalue weighted by atomic mass is 35.5. The Bertz CT molecular complexity index is 668. The summed E-state index contributed by atoms with van der Waals surface area (Å²) in [5.41, 5.74) is 1.76. The van der Waals surface area contributed by atoms with Crippen molar-refractivity contribution >= 4 is 11.6 Å². The maximum Gasteiger partial charge on any atom is 0.137 e. The van der Waals surface area contributed by atoms with Crippen LogP contribution in [0.25, 0.3) is 0 Å². The molecule has 0 amide bonds. The first-order valence-electron chi connectivity index (χ1n) is 7.29. The molecule has 3 heteroatoms. The summed E-state index contributed by atoms with van der Waals surface area (Å²) in [6, 6.07) is 17.6. The van der Waals surface area contributed by atoms with Crippen molar-refractivity contribution in [2.75, 3.05) is 6.61 Å². The lowest BCUT2D eigenvalue weighted by atomic mass is 9.77. The molecule has 114 valence electrons. The molecule has 2 aromatic rings. The van der Waals surface area contributed by atoms with E-state index in [4.69, 9.17) is 16.3 Å². The summed E-state index contributed by atoms with van der Waals surface area (Å²) in [7, 11) is 0. The molecule has 0 heterocycles. The van der Waals surface area contributed by atoms with E-state index in [1.54, 1.807) is 18.2 Å². The summed E-state index contributed by atoms with van der Waals surface area (Å²) in [6.07, 6.45) is 0. The molecule has 0 aromatic heterocycles. The van der Waals surface area contributed by atoms with E-state index in [0.29, 0.717) is 22.9 Å². The third kappa shape index (κ3) is 4.02. The highest BCUT2D eigenvalue weighted by Gasteiger charge is 2.27. The molecule has 0 aliphatic rings. The van der Waals surface area contributed by atoms with Crippen LogP contribution < -0.4 is 4.74 Å². The molecule has 2 rings (SSSR count). The second kappa shape index (κ2) is 6.85. The topological polar surface area (TPSA) is 33.0 Å². The number of rotatable bonds is 4. The highest BCUT2D eigenvalue weighted by molar-refractivity contribution is 6.30. The van der Waals surface area contributed by atoms with Gasteiger partial charge in [0.05, 0.1) is 12.2 Å². The Morgan fingerprint density at radius 1 is 1.14 bits per heavy atom. The van der Waals surface area contributed by atoms with E-state index in [0.717, 1.165) is 0 Å². The Labute approximate surface area is 137 Å². The molecular weight excluding hydrogens is 294 g/mol. The predicted molar refractivity (Wildman–Crippen MR) is 90.3 cm³/mol. The Morgan fingerprint density at radius 2 is 1.82 bits per heavy atom. The van der Waals surface area contributed by atoms with Gasteiger partial charge in [-0.3, -0.25) is 0 Å². The molecule has 1 unspecified atom stereocenters. The van der Waals surface area contributed by atoms with E-state index >= 15 is 0 Å². The average molecular weight is 314 g/mol. The lowest BCUT2D eigenvalue weighted by molar-refractivity contribution is 0.203. The number of nitriles is 1. The first kappa shape index (κ1) is 16.4. The van der Waals surface area contributed by atoms with Gasteiger partial charge in [-0.1, -0.05) is 62.7 Å². The predicted octanol–water partition coefficient (Wildman–Crippen LogP) is 5.42. The molecule has 0 bridgehead atoms. The Hall–Kier alpha value is -1.98. The summed E-state index contributed by atoms with van der Waals surface area (Å²) in [6.45, 7) is 7.10. The standard InChI is InChI=1S/C19H20ClNO/c1-19(2,3)17(14-7-5-4-6-8-14)13-22-18-10-9-16(20)11-15(18)12-21/h4-11,17H,13H2,1-3H3. The normalized spacial score (nSPS) is 12.5. The SMILES string of the molecule is CC(C)(C)C(COc1ccc(Cl)cc1C#N)c1ccccc1. The fourth-order valence-electron chi connectivity index (χ4n) is 2.42. The van der Waals surface area contributed by atoms with Crippen LogP contribution in [0.4, 0.5) is 0 Å². The number of hydrogen-bond donors (Lipinski definition) is 0. The second-order valence-corrected chi connectivity index (χ2v) is 6.83. The Kier molecular flexibility index (Phi) is 5.11. The van der Waals surface area contributed by atoms with Crippen molar-refractivity contribution in [1.29, 1.82) is 5.26 Å². The molecule has 0 spiro atoms. The zero-order chi connectivity index (χ0) is 16.2. The van der Waals surface area contributed by atoms with Crippen molar-refractivity contribution in [3.8, 4) is 11.8 Å². The molecule has 2 aromatic carbocycles. The summed E-state index contributed by atoms with van der Waals surface area (Å²) < 4.78 is 5.94. The van der Waals surface area contributed by atoms with Gasteiger partial charge in [-0.25, -0.2) is 0 Å². The minimum atomic E-state index is 0.0561. The molecule has 0 saturated carbocycles. The third-order valence-corrected chi connectivity index (χ3v) is 3.95. The number of ether oxygens (including phenoxy) is 1. The molecule has 2 nitrogen and oxygen atoms in total. The summed E-state index contributed by atoms with van der Waals surface area (Å²) in [5.74, 6) is 0.813. The fraction of sp³-hybridized carbons (Fsp3) is 0.316. The van der Waals surface area contributed by atoms with Crippen LogP contribution in [0.2, 0.25) is 5.02 Å². The summed E-state index contributed by atoms with van der Waals surface area (Å²) >= 11 is 5.92. The molecule has 1 atom stereocenters. The van der Waals surface area contributed by atoms with Gasteiger partial charge >= 0.3 is 0 Å². The Balaban J connectivity index is 2.22. The van der Waals surface area contributed by atoms with E-state index in [1.165, 1.54) is 5.56 Å². The van der Waals surface area contributed by atoms with Crippen molar-refractivity contribution < 1.29 is 4.74 Å². The van der Waals surface area contributed by atoms with Crippen LogP contribution in [0.3, 0.4) is 0 Å². The molecule has 22 heavy (non-hydrogen) atoms. The van der Waals surface area contributed by atoms with E-state index < -0.39 is 0 Å². The van der Waals surface area contributed by atoms with Gasteiger partial charge in [0.25, 0.3) is 0 Å². The van der Waals surface area contributed by atoms with Gasteiger partial charge in [-0.05, 0) is 29.2 Å². The molecule has 0 saturated heterocycles. The fourth-order valence-corrected chi connectivity index (χ4v) is 2.59. The molecule has 0 fully saturated rings. The van der Waals surface area contributed by atoms with Gasteiger partial charge in [-0.15, -0.1) is 0 Å². The van der Waals surface area contributed by atoms with E-state index in [9.17, 15) is 5.26 Å². The highest BCUT2D eigenvalue weighted by Crippen LogP contribution is 2.36. The van der Waals surface area contributed by atoms with Gasteiger partial charge < -0.3 is 4.74 Å². The summed E-state index contributed by atoms with van der Waals surface area (Å²) in [5, 5.41) is 9.74. The van der Waals surface area contributed by atoms with Crippen molar-refractivity contribution in [1.82, 2.24) is 0 Å². The monoisotopic (exact) mass is 313 g/mol. The van der Waals surface area contributed by atoms with Gasteiger partial charge in [0.15, 0.2) is 0 Å². The van der Waals surface area contributed by atoms with Gasteiger partial charge in [0.2, 0.25) is 0 Å². The minimum Gasteiger partial charge on any atom is -0.492 e. The van der Waals surface area contributed by atoms with Crippen molar-refractivity contribution in [3.05, 3.63) is 64.7 Å². The number of benzene rings is 2. The van der Waals surface area contributed by atoms with Crippen LogP contribution >= 0.6 is 11.6 Å². The van der Waals surface area contributed by atoms with Crippen molar-refractivity contribution in [3.63, 3.8) is 0 Å². The second-order valence-electron chi connectivity index (χ2n) is 6.39. The zero-order valence-electron chi connectivity index (χ0n) is 13.1. The van der Waals surface area contributed by atoms with E-state index in [2.05, 4.69) is 39.0 Å². The van der Waals surface area contributed by atoms with Crippen LogP contribution in [0.5, 0.6) is 5.75 Å². The van der Waals surface area contributed by atoms with Crippen molar-refractivity contribution in [2.45, 2.75) is 26.7 Å². The molecule has 0 N–H and O–H groups in total. The van der Waals surface area contributed by atoms with Gasteiger partial charge in [0, 0.05) is 10.9 Å². The van der Waals surface area contributed by atoms with Gasteiger partial charge in [0.1, 0.15) is 11.8 Å². The molecular formula is C19H20ClNO. The smallest absolute Gasteiger partial charge is 0.137 e. The van der Waals surface area contributed by atoms with Gasteiger partial charge in [-0.2, -0.15) is 5.26 Å². The van der Waals surface area contributed by atoms with Crippen LogP contribution in [0, 0.1) is 16.7 Å². The zero-order valence-corrected chi connectivity index (χ0v) is 13.9. The van der Waals surface area contributed by atoms with E-state index in [1.807, 2.05) is 18.2 Å². The lowest BCUT2D eigenvalue weighted by Crippen LogP contribution is -2.24. The summed E-state index contributed by atoms with van der Waals surface area (Å²) in [4.78, 5) is 0. The number of nitrogens with zero attached hydrogens (tertiary/aromatic N) is 1. The average Bonchev–Trinajstić information content (AvgIpc) is 2.48. The first-order valence-corrected chi connectivity index (χ1v) is 7.67. The number of hydrogen-bond acceptors (Lipinski definition) is 2. The minimum absolute atomic E-state index is 0.0561. The Morgan fingerprint density at radius 3 is 2.41 bits per heavy atom. The molecule has 0 aliphatic heterocycles. The largest absolute Gasteiger partial charge is 0.492 e. The first-order chi connectivity index (χ1) is 10.4.